The van der Waals surface area contributed by atoms with Gasteiger partial charge >= 0.3 is 12.1 Å². The molecular formula is C20H25F3N6O4S2. The van der Waals surface area contributed by atoms with Gasteiger partial charge in [0.05, 0.1) is 11.8 Å². The van der Waals surface area contributed by atoms with Gasteiger partial charge in [0.15, 0.2) is 5.75 Å². The monoisotopic (exact) mass is 534 g/mol. The highest BCUT2D eigenvalue weighted by Gasteiger charge is 2.36. The predicted octanol–water partition coefficient (Wildman–Crippen LogP) is 4.98. The second kappa shape index (κ2) is 10.4. The number of carbonyl (C=O) groups excluding carboxylic acids is 1. The fourth-order valence-corrected chi connectivity index (χ4v) is 5.02. The molecule has 0 aliphatic carbocycles. The first-order valence-electron chi connectivity index (χ1n) is 10.7. The number of alkyl halides is 3. The van der Waals surface area contributed by atoms with Crippen LogP contribution in [0.3, 0.4) is 0 Å². The molecule has 2 aromatic rings. The second-order valence-electron chi connectivity index (χ2n) is 8.41. The first-order chi connectivity index (χ1) is 16.2. The maximum atomic E-state index is 12.8. The number of azo groups is 1. The Morgan fingerprint density at radius 1 is 1.23 bits per heavy atom. The number of nitrogens with one attached hydrogen (secondary N) is 1. The Balaban J connectivity index is 1.98. The number of esters is 1. The molecule has 1 aromatic heterocycles. The van der Waals surface area contributed by atoms with Crippen LogP contribution >= 0.6 is 11.3 Å². The summed E-state index contributed by atoms with van der Waals surface area (Å²) >= 11 is 0.809. The molecule has 1 N–H and O–H groups in total. The quantitative estimate of drug-likeness (QED) is 0.374. The third-order valence-corrected chi connectivity index (χ3v) is 6.79. The van der Waals surface area contributed by atoms with Crippen molar-refractivity contribution in [3.05, 3.63) is 22.7 Å². The van der Waals surface area contributed by atoms with Crippen molar-refractivity contribution in [1.82, 2.24) is 10.2 Å². The number of fused-ring (bicyclic) bond motifs is 1. The van der Waals surface area contributed by atoms with E-state index < -0.39 is 27.9 Å². The lowest BCUT2D eigenvalue weighted by atomic mass is 9.99. The van der Waals surface area contributed by atoms with Crippen molar-refractivity contribution < 1.29 is 31.1 Å². The van der Waals surface area contributed by atoms with E-state index in [1.165, 1.54) is 6.07 Å². The van der Waals surface area contributed by atoms with Crippen molar-refractivity contribution in [2.45, 2.75) is 58.9 Å². The van der Waals surface area contributed by atoms with Crippen molar-refractivity contribution >= 4 is 49.5 Å². The second-order valence-corrected chi connectivity index (χ2v) is 11.1. The maximum absolute atomic E-state index is 12.8. The van der Waals surface area contributed by atoms with Crippen LogP contribution in [-0.4, -0.2) is 55.2 Å². The summed E-state index contributed by atoms with van der Waals surface area (Å²) in [7, 11) is -4.76. The normalized spacial score (nSPS) is 14.6. The largest absolute Gasteiger partial charge is 0.458 e. The van der Waals surface area contributed by atoms with E-state index >= 15 is 0 Å². The summed E-state index contributed by atoms with van der Waals surface area (Å²) in [5.41, 5.74) is 1.44. The van der Waals surface area contributed by atoms with E-state index in [1.807, 2.05) is 23.5 Å². The molecule has 35 heavy (non-hydrogen) atoms. The van der Waals surface area contributed by atoms with E-state index in [-0.39, 0.29) is 33.7 Å². The number of ether oxygens (including phenoxy) is 1. The summed E-state index contributed by atoms with van der Waals surface area (Å²) in [5, 5.41) is 15.3. The van der Waals surface area contributed by atoms with Crippen LogP contribution in [0.1, 0.15) is 49.5 Å². The van der Waals surface area contributed by atoms with Crippen LogP contribution in [-0.2, 0) is 21.2 Å². The molecule has 0 saturated carbocycles. The van der Waals surface area contributed by atoms with Gasteiger partial charge in [-0.15, -0.1) is 20.4 Å². The number of aryl methyl sites for hydroxylation is 1. The number of rotatable bonds is 8. The molecule has 3 rings (SSSR count). The zero-order valence-electron chi connectivity index (χ0n) is 19.5. The SMILES string of the molecule is CC(C)OC(=O)c1nnc(N=Nc2cc3c(cc2NS(=O)(=O)CC(F)(F)F)N(C(C)C)CCC3)s1. The summed E-state index contributed by atoms with van der Waals surface area (Å²) in [6.45, 7) is 8.01. The number of aromatic nitrogens is 2. The van der Waals surface area contributed by atoms with Gasteiger partial charge in [-0.1, -0.05) is 11.3 Å². The molecule has 2 heterocycles. The smallest absolute Gasteiger partial charge is 0.404 e. The fourth-order valence-electron chi connectivity index (χ4n) is 3.47. The molecular weight excluding hydrogens is 509 g/mol. The first kappa shape index (κ1) is 26.8. The van der Waals surface area contributed by atoms with Crippen molar-refractivity contribution in [3.8, 4) is 0 Å². The minimum absolute atomic E-state index is 0.00803. The Labute approximate surface area is 204 Å². The van der Waals surface area contributed by atoms with Crippen LogP contribution in [0.2, 0.25) is 0 Å². The summed E-state index contributed by atoms with van der Waals surface area (Å²) in [4.78, 5) is 14.0. The molecule has 1 aliphatic heterocycles. The molecule has 1 aliphatic rings. The summed E-state index contributed by atoms with van der Waals surface area (Å²) in [6, 6.07) is 3.15. The number of hydrogen-bond donors (Lipinski definition) is 1. The number of nitrogens with zero attached hydrogens (tertiary/aromatic N) is 5. The van der Waals surface area contributed by atoms with Gasteiger partial charge in [-0.2, -0.15) is 13.2 Å². The topological polar surface area (TPSA) is 126 Å². The zero-order valence-corrected chi connectivity index (χ0v) is 21.1. The minimum atomic E-state index is -4.92. The number of sulfonamides is 1. The number of hydrogen-bond acceptors (Lipinski definition) is 10. The van der Waals surface area contributed by atoms with Crippen molar-refractivity contribution in [2.75, 3.05) is 21.9 Å². The highest BCUT2D eigenvalue weighted by Crippen LogP contribution is 2.39. The number of halogens is 3. The Kier molecular flexibility index (Phi) is 7.99. The first-order valence-corrected chi connectivity index (χ1v) is 13.2. The zero-order chi connectivity index (χ0) is 26.0. The Morgan fingerprint density at radius 2 is 1.94 bits per heavy atom. The van der Waals surface area contributed by atoms with E-state index in [1.54, 1.807) is 19.9 Å². The molecule has 0 fully saturated rings. The average molecular weight is 535 g/mol. The van der Waals surface area contributed by atoms with Crippen LogP contribution in [0.4, 0.5) is 35.4 Å². The summed E-state index contributed by atoms with van der Waals surface area (Å²) in [5.74, 6) is -2.72. The summed E-state index contributed by atoms with van der Waals surface area (Å²) in [6.07, 6.45) is -3.75. The maximum Gasteiger partial charge on any atom is 0.404 e. The van der Waals surface area contributed by atoms with Crippen LogP contribution in [0.15, 0.2) is 22.4 Å². The van der Waals surface area contributed by atoms with E-state index in [0.29, 0.717) is 12.1 Å². The minimum Gasteiger partial charge on any atom is -0.458 e. The molecule has 192 valence electrons. The lowest BCUT2D eigenvalue weighted by Crippen LogP contribution is -2.35. The predicted molar refractivity (Wildman–Crippen MR) is 125 cm³/mol. The van der Waals surface area contributed by atoms with Crippen LogP contribution in [0, 0.1) is 0 Å². The molecule has 0 bridgehead atoms. The van der Waals surface area contributed by atoms with Crippen LogP contribution in [0.25, 0.3) is 0 Å². The molecule has 0 radical (unpaired) electrons. The molecule has 0 unspecified atom stereocenters. The molecule has 0 spiro atoms. The molecule has 0 amide bonds. The van der Waals surface area contributed by atoms with Gasteiger partial charge in [0.25, 0.3) is 5.13 Å². The number of benzene rings is 1. The average Bonchev–Trinajstić information content (AvgIpc) is 3.18. The number of anilines is 2. The van der Waals surface area contributed by atoms with Gasteiger partial charge in [0.2, 0.25) is 15.0 Å². The van der Waals surface area contributed by atoms with Gasteiger partial charge in [-0.25, -0.2) is 13.2 Å². The van der Waals surface area contributed by atoms with E-state index in [0.717, 1.165) is 29.9 Å². The molecule has 1 aromatic carbocycles. The van der Waals surface area contributed by atoms with Crippen molar-refractivity contribution in [1.29, 1.82) is 0 Å². The molecule has 10 nitrogen and oxygen atoms in total. The van der Waals surface area contributed by atoms with Crippen LogP contribution in [0.5, 0.6) is 0 Å². The van der Waals surface area contributed by atoms with E-state index in [2.05, 4.69) is 20.4 Å². The van der Waals surface area contributed by atoms with E-state index in [4.69, 9.17) is 4.74 Å². The molecule has 0 atom stereocenters. The Morgan fingerprint density at radius 3 is 2.57 bits per heavy atom. The Hall–Kier alpha value is -2.81. The lowest BCUT2D eigenvalue weighted by molar-refractivity contribution is -0.106. The van der Waals surface area contributed by atoms with Gasteiger partial charge in [-0.3, -0.25) is 4.72 Å². The van der Waals surface area contributed by atoms with Gasteiger partial charge in [-0.05, 0) is 58.2 Å². The third-order valence-electron chi connectivity index (χ3n) is 4.77. The molecule has 15 heteroatoms. The van der Waals surface area contributed by atoms with Crippen molar-refractivity contribution in [3.63, 3.8) is 0 Å². The van der Waals surface area contributed by atoms with Gasteiger partial charge < -0.3 is 9.64 Å². The van der Waals surface area contributed by atoms with Crippen LogP contribution < -0.4 is 9.62 Å². The standard InChI is InChI=1S/C20H25F3N6O4S2/c1-11(2)29-7-5-6-13-8-14(15(9-16(13)29)28-35(31,32)10-20(21,22)23)24-26-19-27-25-17(34-19)18(30)33-12(3)4/h8-9,11-12,28H,5-7,10H2,1-4H3. The highest BCUT2D eigenvalue weighted by molar-refractivity contribution is 7.92. The van der Waals surface area contributed by atoms with Gasteiger partial charge in [0.1, 0.15) is 5.69 Å². The van der Waals surface area contributed by atoms with E-state index in [9.17, 15) is 26.4 Å². The number of carbonyl (C=O) groups is 1. The Bertz CT molecular complexity index is 1210. The fraction of sp³-hybridized carbons (Fsp3) is 0.550. The van der Waals surface area contributed by atoms with Crippen molar-refractivity contribution in [2.24, 2.45) is 10.2 Å². The molecule has 0 saturated heterocycles. The summed E-state index contributed by atoms with van der Waals surface area (Å²) < 4.78 is 69.8. The highest BCUT2D eigenvalue weighted by atomic mass is 32.2. The van der Waals surface area contributed by atoms with Gasteiger partial charge in [0, 0.05) is 18.3 Å². The lowest BCUT2D eigenvalue weighted by Gasteiger charge is -2.35. The third kappa shape index (κ3) is 7.34.